The van der Waals surface area contributed by atoms with E-state index in [1.165, 1.54) is 0 Å². The number of carbonyl (C=O) groups excluding carboxylic acids is 2. The van der Waals surface area contributed by atoms with Gasteiger partial charge in [0.1, 0.15) is 11.4 Å². The number of aliphatic imine (C=N–C) groups is 1. The lowest BCUT2D eigenvalue weighted by atomic mass is 9.86. The SMILES string of the molecule is CCC1(CC)CC(=O)N(Cc2cccc(C(=O)N[C@H]3CC(C)(C)Oc4ccccc43)c2)/C(=N\c2ccncc2)N1. The van der Waals surface area contributed by atoms with Crippen molar-refractivity contribution in [2.45, 2.75) is 77.1 Å². The highest BCUT2D eigenvalue weighted by molar-refractivity contribution is 6.01. The lowest BCUT2D eigenvalue weighted by Gasteiger charge is -2.42. The molecule has 0 aliphatic carbocycles. The van der Waals surface area contributed by atoms with E-state index in [-0.39, 0.29) is 23.4 Å². The van der Waals surface area contributed by atoms with Crippen molar-refractivity contribution in [2.24, 2.45) is 4.99 Å². The van der Waals surface area contributed by atoms with E-state index < -0.39 is 5.60 Å². The molecule has 2 aliphatic rings. The first-order chi connectivity index (χ1) is 19.2. The van der Waals surface area contributed by atoms with Crippen LogP contribution in [0.5, 0.6) is 5.75 Å². The summed E-state index contributed by atoms with van der Waals surface area (Å²) in [6.07, 6.45) is 6.02. The molecule has 0 saturated carbocycles. The zero-order chi connectivity index (χ0) is 28.3. The first-order valence-corrected chi connectivity index (χ1v) is 14.0. The Kier molecular flexibility index (Phi) is 7.61. The summed E-state index contributed by atoms with van der Waals surface area (Å²) < 4.78 is 6.12. The summed E-state index contributed by atoms with van der Waals surface area (Å²) in [5.41, 5.74) is 2.34. The van der Waals surface area contributed by atoms with E-state index in [2.05, 4.69) is 29.5 Å². The van der Waals surface area contributed by atoms with Crippen LogP contribution >= 0.6 is 0 Å². The largest absolute Gasteiger partial charge is 0.487 e. The molecule has 0 spiro atoms. The van der Waals surface area contributed by atoms with Crippen molar-refractivity contribution in [1.29, 1.82) is 0 Å². The summed E-state index contributed by atoms with van der Waals surface area (Å²) in [4.78, 5) is 37.5. The van der Waals surface area contributed by atoms with Crippen LogP contribution in [0.1, 0.15) is 80.9 Å². The second-order valence-corrected chi connectivity index (χ2v) is 11.2. The molecule has 1 fully saturated rings. The Balaban J connectivity index is 1.38. The normalized spacial score (nSPS) is 20.3. The topological polar surface area (TPSA) is 95.9 Å². The molecule has 5 rings (SSSR count). The molecular formula is C32H37N5O3. The molecule has 1 saturated heterocycles. The minimum atomic E-state index is -0.396. The number of hydrogen-bond donors (Lipinski definition) is 2. The van der Waals surface area contributed by atoms with Crippen molar-refractivity contribution >= 4 is 23.5 Å². The molecule has 0 unspecified atom stereocenters. The van der Waals surface area contributed by atoms with E-state index in [1.807, 2.05) is 68.4 Å². The van der Waals surface area contributed by atoms with Gasteiger partial charge in [-0.05, 0) is 62.6 Å². The van der Waals surface area contributed by atoms with Crippen LogP contribution in [0.15, 0.2) is 78.0 Å². The number of nitrogens with zero attached hydrogens (tertiary/aromatic N) is 3. The van der Waals surface area contributed by atoms with Gasteiger partial charge in [-0.25, -0.2) is 4.99 Å². The molecular weight excluding hydrogens is 502 g/mol. The number of hydrogen-bond acceptors (Lipinski definition) is 5. The molecule has 2 aliphatic heterocycles. The average molecular weight is 540 g/mol. The number of amides is 2. The third-order valence-electron chi connectivity index (χ3n) is 7.89. The van der Waals surface area contributed by atoms with Crippen LogP contribution in [0.2, 0.25) is 0 Å². The predicted molar refractivity (Wildman–Crippen MR) is 155 cm³/mol. The molecule has 3 aromatic rings. The Morgan fingerprint density at radius 2 is 1.85 bits per heavy atom. The van der Waals surface area contributed by atoms with Gasteiger partial charge >= 0.3 is 0 Å². The zero-order valence-corrected chi connectivity index (χ0v) is 23.6. The van der Waals surface area contributed by atoms with Gasteiger partial charge in [-0.15, -0.1) is 0 Å². The number of nitrogens with one attached hydrogen (secondary N) is 2. The van der Waals surface area contributed by atoms with Gasteiger partial charge in [-0.1, -0.05) is 44.2 Å². The number of rotatable bonds is 7. The van der Waals surface area contributed by atoms with Crippen LogP contribution < -0.4 is 15.4 Å². The lowest BCUT2D eigenvalue weighted by Crippen LogP contribution is -2.61. The summed E-state index contributed by atoms with van der Waals surface area (Å²) >= 11 is 0. The first kappa shape index (κ1) is 27.4. The molecule has 8 heteroatoms. The van der Waals surface area contributed by atoms with E-state index in [4.69, 9.17) is 9.73 Å². The Morgan fingerprint density at radius 3 is 2.60 bits per heavy atom. The van der Waals surface area contributed by atoms with Crippen molar-refractivity contribution in [3.63, 3.8) is 0 Å². The average Bonchev–Trinajstić information content (AvgIpc) is 2.95. The third-order valence-corrected chi connectivity index (χ3v) is 7.89. The van der Waals surface area contributed by atoms with Crippen molar-refractivity contribution in [3.05, 3.63) is 89.7 Å². The van der Waals surface area contributed by atoms with Crippen molar-refractivity contribution in [1.82, 2.24) is 20.5 Å². The number of benzene rings is 2. The first-order valence-electron chi connectivity index (χ1n) is 14.0. The number of fused-ring (bicyclic) bond motifs is 1. The Bertz CT molecular complexity index is 1410. The number of carbonyl (C=O) groups is 2. The summed E-state index contributed by atoms with van der Waals surface area (Å²) in [6.45, 7) is 8.53. The number of guanidine groups is 1. The van der Waals surface area contributed by atoms with Gasteiger partial charge in [-0.3, -0.25) is 19.5 Å². The maximum atomic E-state index is 13.5. The molecule has 1 aromatic heterocycles. The Labute approximate surface area is 235 Å². The fraction of sp³-hybridized carbons (Fsp3) is 0.375. The van der Waals surface area contributed by atoms with E-state index in [1.54, 1.807) is 23.4 Å². The molecule has 0 bridgehead atoms. The summed E-state index contributed by atoms with van der Waals surface area (Å²) in [5.74, 6) is 1.16. The van der Waals surface area contributed by atoms with Gasteiger partial charge in [0.2, 0.25) is 11.9 Å². The van der Waals surface area contributed by atoms with Crippen LogP contribution in [-0.2, 0) is 11.3 Å². The Hall–Kier alpha value is -4.20. The second-order valence-electron chi connectivity index (χ2n) is 11.2. The molecule has 0 radical (unpaired) electrons. The van der Waals surface area contributed by atoms with Crippen LogP contribution in [0.4, 0.5) is 5.69 Å². The molecule has 8 nitrogen and oxygen atoms in total. The monoisotopic (exact) mass is 539 g/mol. The standard InChI is InChI=1S/C32H37N5O3/c1-5-32(6-2)20-28(38)37(30(36-32)34-24-14-16-33-17-15-24)21-22-10-9-11-23(18-22)29(39)35-26-19-31(3,4)40-27-13-8-7-12-25(26)27/h7-18,26H,5-6,19-21H2,1-4H3,(H,35,39)(H,33,34,36)/t26-/m0/s1. The minimum Gasteiger partial charge on any atom is -0.487 e. The van der Waals surface area contributed by atoms with Crippen molar-refractivity contribution in [2.75, 3.05) is 0 Å². The maximum absolute atomic E-state index is 13.5. The van der Waals surface area contributed by atoms with Crippen LogP contribution in [-0.4, -0.2) is 38.8 Å². The number of para-hydroxylation sites is 1. The van der Waals surface area contributed by atoms with Crippen LogP contribution in [0.25, 0.3) is 0 Å². The van der Waals surface area contributed by atoms with Gasteiger partial charge in [-0.2, -0.15) is 0 Å². The molecule has 3 heterocycles. The molecule has 2 aromatic carbocycles. The van der Waals surface area contributed by atoms with Gasteiger partial charge in [0.25, 0.3) is 5.91 Å². The molecule has 208 valence electrons. The van der Waals surface area contributed by atoms with Crippen LogP contribution in [0, 0.1) is 0 Å². The van der Waals surface area contributed by atoms with Gasteiger partial charge in [0.15, 0.2) is 0 Å². The highest BCUT2D eigenvalue weighted by Gasteiger charge is 2.40. The summed E-state index contributed by atoms with van der Waals surface area (Å²) in [5, 5.41) is 6.78. The summed E-state index contributed by atoms with van der Waals surface area (Å²) in [7, 11) is 0. The minimum absolute atomic E-state index is 0.00570. The smallest absolute Gasteiger partial charge is 0.251 e. The lowest BCUT2D eigenvalue weighted by molar-refractivity contribution is -0.131. The van der Waals surface area contributed by atoms with Gasteiger partial charge < -0.3 is 15.4 Å². The highest BCUT2D eigenvalue weighted by Crippen LogP contribution is 2.39. The number of aromatic nitrogens is 1. The zero-order valence-electron chi connectivity index (χ0n) is 23.6. The molecule has 2 N–H and O–H groups in total. The second kappa shape index (κ2) is 11.1. The van der Waals surface area contributed by atoms with Crippen molar-refractivity contribution < 1.29 is 14.3 Å². The van der Waals surface area contributed by atoms with E-state index in [0.717, 1.165) is 29.7 Å². The third kappa shape index (κ3) is 5.86. The fourth-order valence-electron chi connectivity index (χ4n) is 5.49. The Morgan fingerprint density at radius 1 is 1.10 bits per heavy atom. The summed E-state index contributed by atoms with van der Waals surface area (Å²) in [6, 6.07) is 18.7. The predicted octanol–water partition coefficient (Wildman–Crippen LogP) is 5.68. The van der Waals surface area contributed by atoms with Gasteiger partial charge in [0, 0.05) is 35.5 Å². The molecule has 40 heavy (non-hydrogen) atoms. The maximum Gasteiger partial charge on any atom is 0.251 e. The number of ether oxygens (including phenoxy) is 1. The van der Waals surface area contributed by atoms with E-state index >= 15 is 0 Å². The quantitative estimate of drug-likeness (QED) is 0.403. The molecule has 1 atom stereocenters. The van der Waals surface area contributed by atoms with E-state index in [9.17, 15) is 9.59 Å². The molecule has 2 amide bonds. The van der Waals surface area contributed by atoms with Crippen molar-refractivity contribution in [3.8, 4) is 5.75 Å². The van der Waals surface area contributed by atoms with E-state index in [0.29, 0.717) is 36.6 Å². The number of pyridine rings is 1. The fourth-order valence-corrected chi connectivity index (χ4v) is 5.49. The highest BCUT2D eigenvalue weighted by atomic mass is 16.5. The van der Waals surface area contributed by atoms with Gasteiger partial charge in [0.05, 0.1) is 24.7 Å². The van der Waals surface area contributed by atoms with Crippen LogP contribution in [0.3, 0.4) is 0 Å².